The molecule has 0 radical (unpaired) electrons. The predicted octanol–water partition coefficient (Wildman–Crippen LogP) is 2.20. The molecule has 1 N–H and O–H groups in total. The molecule has 27 heavy (non-hydrogen) atoms. The zero-order chi connectivity index (χ0) is 19.4. The first-order chi connectivity index (χ1) is 12.6. The summed E-state index contributed by atoms with van der Waals surface area (Å²) in [5, 5.41) is 2.81. The lowest BCUT2D eigenvalue weighted by molar-refractivity contribution is -0.203. The number of hydrogen-bond acceptors (Lipinski definition) is 6. The molecule has 3 saturated heterocycles. The number of carbonyl (C=O) groups is 1. The summed E-state index contributed by atoms with van der Waals surface area (Å²) in [4.78, 5) is 12.1. The Bertz CT molecular complexity index is 698. The van der Waals surface area contributed by atoms with E-state index in [2.05, 4.69) is 5.32 Å². The molecule has 1 amide bonds. The van der Waals surface area contributed by atoms with E-state index in [9.17, 15) is 4.79 Å². The average Bonchev–Trinajstić information content (AvgIpc) is 3.24. The highest BCUT2D eigenvalue weighted by molar-refractivity contribution is 5.67. The summed E-state index contributed by atoms with van der Waals surface area (Å²) in [6.07, 6.45) is 2.33. The number of ether oxygens (including phenoxy) is 5. The van der Waals surface area contributed by atoms with Gasteiger partial charge in [0.15, 0.2) is 12.1 Å². The number of fused-ring (bicyclic) bond motifs is 4. The van der Waals surface area contributed by atoms with Crippen LogP contribution in [-0.4, -0.2) is 59.3 Å². The van der Waals surface area contributed by atoms with Crippen molar-refractivity contribution in [2.24, 2.45) is 0 Å². The summed E-state index contributed by atoms with van der Waals surface area (Å²) in [6.45, 7) is 9.78. The molecule has 1 aromatic rings. The molecule has 2 bridgehead atoms. The van der Waals surface area contributed by atoms with Crippen LogP contribution in [0.3, 0.4) is 0 Å². The van der Waals surface area contributed by atoms with Gasteiger partial charge in [-0.15, -0.1) is 0 Å². The number of amides is 1. The first kappa shape index (κ1) is 18.7. The van der Waals surface area contributed by atoms with Gasteiger partial charge in [-0.1, -0.05) is 0 Å². The lowest BCUT2D eigenvalue weighted by Crippen LogP contribution is -2.62. The molecule has 0 spiro atoms. The van der Waals surface area contributed by atoms with Crippen molar-refractivity contribution in [3.63, 3.8) is 0 Å². The van der Waals surface area contributed by atoms with Gasteiger partial charge < -0.3 is 33.6 Å². The van der Waals surface area contributed by atoms with Gasteiger partial charge in [0.2, 0.25) is 0 Å². The maximum Gasteiger partial charge on any atom is 0.407 e. The summed E-state index contributed by atoms with van der Waals surface area (Å²) >= 11 is 0. The second-order valence-electron chi connectivity index (χ2n) is 8.86. The van der Waals surface area contributed by atoms with Crippen LogP contribution in [0.5, 0.6) is 0 Å². The Balaban J connectivity index is 1.56. The lowest BCUT2D eigenvalue weighted by atomic mass is 9.87. The number of alkyl carbamates (subject to hydrolysis) is 1. The second kappa shape index (κ2) is 6.20. The fourth-order valence-corrected chi connectivity index (χ4v) is 4.03. The van der Waals surface area contributed by atoms with Crippen LogP contribution in [0.1, 0.15) is 40.7 Å². The van der Waals surface area contributed by atoms with Crippen molar-refractivity contribution in [2.45, 2.75) is 76.1 Å². The number of hydrogen-bond donors (Lipinski definition) is 1. The number of carbonyl (C=O) groups excluding carboxylic acids is 1. The number of nitrogens with zero attached hydrogens (tertiary/aromatic N) is 1. The normalized spacial score (nSPS) is 37.1. The highest BCUT2D eigenvalue weighted by Gasteiger charge is 2.66. The molecule has 3 aliphatic rings. The minimum atomic E-state index is -0.816. The van der Waals surface area contributed by atoms with Crippen molar-refractivity contribution < 1.29 is 28.5 Å². The van der Waals surface area contributed by atoms with Crippen molar-refractivity contribution in [3.05, 3.63) is 24.5 Å². The Hall–Kier alpha value is -1.61. The molecule has 5 atom stereocenters. The third-order valence-corrected chi connectivity index (χ3v) is 5.01. The van der Waals surface area contributed by atoms with Crippen molar-refractivity contribution in [1.29, 1.82) is 0 Å². The topological polar surface area (TPSA) is 80.2 Å². The molecule has 3 aliphatic heterocycles. The SMILES string of the molecule is CC(C)(C)OC(=O)NC[C@@]12COC(O1)[C@H](n1cccc1)[C@H]1OC(C)(C)O[C@H]12. The van der Waals surface area contributed by atoms with Gasteiger partial charge in [0, 0.05) is 12.4 Å². The monoisotopic (exact) mass is 380 g/mol. The molecule has 1 unspecified atom stereocenters. The van der Waals surface area contributed by atoms with Gasteiger partial charge in [-0.3, -0.25) is 0 Å². The molecule has 0 aliphatic carbocycles. The minimum absolute atomic E-state index is 0.163. The molecule has 0 saturated carbocycles. The van der Waals surface area contributed by atoms with Crippen LogP contribution in [-0.2, 0) is 23.7 Å². The van der Waals surface area contributed by atoms with E-state index in [1.165, 1.54) is 0 Å². The molecule has 1 aromatic heterocycles. The smallest absolute Gasteiger partial charge is 0.407 e. The van der Waals surface area contributed by atoms with E-state index in [4.69, 9.17) is 23.7 Å². The van der Waals surface area contributed by atoms with E-state index < -0.39 is 29.4 Å². The van der Waals surface area contributed by atoms with E-state index in [1.807, 2.05) is 63.7 Å². The van der Waals surface area contributed by atoms with E-state index in [0.29, 0.717) is 6.61 Å². The Morgan fingerprint density at radius 3 is 2.59 bits per heavy atom. The van der Waals surface area contributed by atoms with Gasteiger partial charge in [-0.05, 0) is 46.8 Å². The Morgan fingerprint density at radius 1 is 1.22 bits per heavy atom. The first-order valence-corrected chi connectivity index (χ1v) is 9.33. The van der Waals surface area contributed by atoms with Crippen LogP contribution in [0.2, 0.25) is 0 Å². The number of aromatic nitrogens is 1. The highest BCUT2D eigenvalue weighted by atomic mass is 16.8. The van der Waals surface area contributed by atoms with Crippen LogP contribution in [0.4, 0.5) is 4.79 Å². The molecule has 8 heteroatoms. The molecule has 150 valence electrons. The zero-order valence-electron chi connectivity index (χ0n) is 16.4. The maximum atomic E-state index is 12.1. The van der Waals surface area contributed by atoms with Crippen LogP contribution in [0, 0.1) is 0 Å². The Morgan fingerprint density at radius 2 is 1.93 bits per heavy atom. The summed E-state index contributed by atoms with van der Waals surface area (Å²) < 4.78 is 32.1. The van der Waals surface area contributed by atoms with E-state index in [-0.39, 0.29) is 24.8 Å². The van der Waals surface area contributed by atoms with Gasteiger partial charge in [0.05, 0.1) is 13.2 Å². The highest BCUT2D eigenvalue weighted by Crippen LogP contribution is 2.50. The fraction of sp³-hybridized carbons (Fsp3) is 0.737. The first-order valence-electron chi connectivity index (χ1n) is 9.33. The van der Waals surface area contributed by atoms with Crippen LogP contribution >= 0.6 is 0 Å². The van der Waals surface area contributed by atoms with Crippen LogP contribution in [0.25, 0.3) is 0 Å². The molecular formula is C19H28N2O6. The summed E-state index contributed by atoms with van der Waals surface area (Å²) in [5.41, 5.74) is -1.38. The summed E-state index contributed by atoms with van der Waals surface area (Å²) in [5.74, 6) is -0.743. The second-order valence-corrected chi connectivity index (χ2v) is 8.86. The molecule has 4 heterocycles. The predicted molar refractivity (Wildman–Crippen MR) is 95.1 cm³/mol. The molecular weight excluding hydrogens is 352 g/mol. The quantitative estimate of drug-likeness (QED) is 0.866. The fourth-order valence-electron chi connectivity index (χ4n) is 4.03. The minimum Gasteiger partial charge on any atom is -0.444 e. The van der Waals surface area contributed by atoms with Crippen molar-refractivity contribution in [3.8, 4) is 0 Å². The number of rotatable bonds is 3. The van der Waals surface area contributed by atoms with E-state index >= 15 is 0 Å². The van der Waals surface area contributed by atoms with Gasteiger partial charge in [0.1, 0.15) is 29.5 Å². The van der Waals surface area contributed by atoms with Gasteiger partial charge in [-0.2, -0.15) is 0 Å². The van der Waals surface area contributed by atoms with Gasteiger partial charge in [-0.25, -0.2) is 4.79 Å². The number of nitrogens with one attached hydrogen (secondary N) is 1. The molecule has 4 rings (SSSR count). The van der Waals surface area contributed by atoms with Gasteiger partial charge >= 0.3 is 6.09 Å². The van der Waals surface area contributed by atoms with Crippen molar-refractivity contribution in [2.75, 3.05) is 13.2 Å². The van der Waals surface area contributed by atoms with Crippen LogP contribution < -0.4 is 5.32 Å². The lowest BCUT2D eigenvalue weighted by Gasteiger charge is -2.42. The third kappa shape index (κ3) is 3.47. The van der Waals surface area contributed by atoms with Crippen molar-refractivity contribution >= 4 is 6.09 Å². The van der Waals surface area contributed by atoms with Gasteiger partial charge in [0.25, 0.3) is 0 Å². The Labute approximate surface area is 159 Å². The van der Waals surface area contributed by atoms with E-state index in [1.54, 1.807) is 0 Å². The molecule has 3 fully saturated rings. The zero-order valence-corrected chi connectivity index (χ0v) is 16.4. The van der Waals surface area contributed by atoms with Crippen LogP contribution in [0.15, 0.2) is 24.5 Å². The standard InChI is InChI=1S/C19H28N2O6/c1-17(2,3)27-16(22)20-10-19-11-23-15(26-19)12(21-8-6-7-9-21)13-14(19)25-18(4,5)24-13/h6-9,12-15H,10-11H2,1-5H3,(H,20,22)/t12-,13-,14-,15?,19+/m1/s1. The Kier molecular flexibility index (Phi) is 4.30. The summed E-state index contributed by atoms with van der Waals surface area (Å²) in [7, 11) is 0. The van der Waals surface area contributed by atoms with Crippen molar-refractivity contribution in [1.82, 2.24) is 9.88 Å². The molecule has 8 nitrogen and oxygen atoms in total. The molecule has 0 aromatic carbocycles. The third-order valence-electron chi connectivity index (χ3n) is 5.01. The maximum absolute atomic E-state index is 12.1. The summed E-state index contributed by atoms with van der Waals surface area (Å²) in [6, 6.07) is 3.75. The average molecular weight is 380 g/mol. The van der Waals surface area contributed by atoms with E-state index in [0.717, 1.165) is 0 Å². The largest absolute Gasteiger partial charge is 0.444 e.